The van der Waals surface area contributed by atoms with Crippen LogP contribution in [0.4, 0.5) is 13.2 Å². The number of nitrogens with two attached hydrogens (primary N) is 1. The minimum absolute atomic E-state index is 0.489. The zero-order valence-corrected chi connectivity index (χ0v) is 6.67. The average molecular weight is 206 g/mol. The maximum atomic E-state index is 12.8. The largest absolute Gasteiger partial charge is 0.506 e. The SMILES string of the molecule is NC(=O)c1c(F)ncc(O)c1C(F)F. The van der Waals surface area contributed by atoms with E-state index in [9.17, 15) is 18.0 Å². The van der Waals surface area contributed by atoms with Crippen molar-refractivity contribution in [3.63, 3.8) is 0 Å². The molecule has 1 aromatic heterocycles. The summed E-state index contributed by atoms with van der Waals surface area (Å²) in [6, 6.07) is 0. The van der Waals surface area contributed by atoms with Crippen molar-refractivity contribution in [2.24, 2.45) is 5.73 Å². The summed E-state index contributed by atoms with van der Waals surface area (Å²) in [6.45, 7) is 0. The third-order valence-electron chi connectivity index (χ3n) is 1.52. The molecule has 0 aliphatic carbocycles. The number of nitrogens with zero attached hydrogens (tertiary/aromatic N) is 1. The zero-order valence-electron chi connectivity index (χ0n) is 6.67. The Balaban J connectivity index is 3.50. The maximum absolute atomic E-state index is 12.8. The van der Waals surface area contributed by atoms with E-state index in [0.29, 0.717) is 6.20 Å². The molecular weight excluding hydrogens is 201 g/mol. The van der Waals surface area contributed by atoms with Crippen molar-refractivity contribution < 1.29 is 23.1 Å². The average Bonchev–Trinajstić information content (AvgIpc) is 2.07. The lowest BCUT2D eigenvalue weighted by molar-refractivity contribution is 0.0977. The Labute approximate surface area is 76.2 Å². The lowest BCUT2D eigenvalue weighted by Gasteiger charge is -2.07. The van der Waals surface area contributed by atoms with Gasteiger partial charge in [-0.15, -0.1) is 0 Å². The van der Waals surface area contributed by atoms with E-state index in [0.717, 1.165) is 0 Å². The van der Waals surface area contributed by atoms with E-state index in [1.165, 1.54) is 0 Å². The molecule has 1 amide bonds. The molecule has 0 unspecified atom stereocenters. The highest BCUT2D eigenvalue weighted by Crippen LogP contribution is 2.31. The Morgan fingerprint density at radius 2 is 2.14 bits per heavy atom. The summed E-state index contributed by atoms with van der Waals surface area (Å²) >= 11 is 0. The molecule has 0 saturated heterocycles. The molecule has 3 N–H and O–H groups in total. The molecule has 0 aromatic carbocycles. The van der Waals surface area contributed by atoms with Gasteiger partial charge in [0.05, 0.1) is 11.8 Å². The Morgan fingerprint density at radius 1 is 1.57 bits per heavy atom. The van der Waals surface area contributed by atoms with E-state index >= 15 is 0 Å². The summed E-state index contributed by atoms with van der Waals surface area (Å²) in [5.74, 6) is -3.79. The first-order valence-electron chi connectivity index (χ1n) is 3.40. The van der Waals surface area contributed by atoms with Crippen LogP contribution in [0.3, 0.4) is 0 Å². The fourth-order valence-electron chi connectivity index (χ4n) is 0.946. The van der Waals surface area contributed by atoms with Crippen molar-refractivity contribution in [1.29, 1.82) is 0 Å². The first kappa shape index (κ1) is 10.3. The zero-order chi connectivity index (χ0) is 10.9. The quantitative estimate of drug-likeness (QED) is 0.707. The van der Waals surface area contributed by atoms with Crippen LogP contribution < -0.4 is 5.73 Å². The summed E-state index contributed by atoms with van der Waals surface area (Å²) in [6.07, 6.45) is -2.71. The molecule has 0 atom stereocenters. The predicted octanol–water partition coefficient (Wildman–Crippen LogP) is 0.963. The number of aromatic hydroxyl groups is 1. The van der Waals surface area contributed by atoms with Gasteiger partial charge in [-0.1, -0.05) is 0 Å². The molecule has 1 aromatic rings. The molecule has 76 valence electrons. The Kier molecular flexibility index (Phi) is 2.59. The van der Waals surface area contributed by atoms with Gasteiger partial charge in [0.25, 0.3) is 12.3 Å². The topological polar surface area (TPSA) is 76.2 Å². The molecule has 14 heavy (non-hydrogen) atoms. The van der Waals surface area contributed by atoms with Crippen LogP contribution in [-0.4, -0.2) is 16.0 Å². The van der Waals surface area contributed by atoms with Crippen LogP contribution in [0.15, 0.2) is 6.20 Å². The number of primary amides is 1. The van der Waals surface area contributed by atoms with E-state index < -0.39 is 35.2 Å². The summed E-state index contributed by atoms with van der Waals surface area (Å²) in [4.78, 5) is 13.5. The number of aromatic nitrogens is 1. The first-order valence-corrected chi connectivity index (χ1v) is 3.40. The number of hydrogen-bond acceptors (Lipinski definition) is 3. The molecule has 7 heteroatoms. The molecule has 0 bridgehead atoms. The maximum Gasteiger partial charge on any atom is 0.268 e. The second-order valence-electron chi connectivity index (χ2n) is 2.39. The first-order chi connectivity index (χ1) is 6.45. The molecule has 0 spiro atoms. The summed E-state index contributed by atoms with van der Waals surface area (Å²) in [7, 11) is 0. The number of amides is 1. The van der Waals surface area contributed by atoms with Crippen LogP contribution in [0.1, 0.15) is 22.3 Å². The van der Waals surface area contributed by atoms with Crippen molar-refractivity contribution in [3.05, 3.63) is 23.3 Å². The second-order valence-corrected chi connectivity index (χ2v) is 2.39. The van der Waals surface area contributed by atoms with Crippen molar-refractivity contribution in [2.45, 2.75) is 6.43 Å². The molecule has 0 saturated carbocycles. The molecule has 4 nitrogen and oxygen atoms in total. The Hall–Kier alpha value is -1.79. The lowest BCUT2D eigenvalue weighted by Crippen LogP contribution is -2.17. The standard InChI is InChI=1S/C7H5F3N2O2/c8-5(9)3-2(13)1-12-6(10)4(3)7(11)14/h1,5,13H,(H2,11,14). The third kappa shape index (κ3) is 1.61. The van der Waals surface area contributed by atoms with Gasteiger partial charge in [-0.3, -0.25) is 4.79 Å². The molecule has 0 aliphatic rings. The number of rotatable bonds is 2. The fraction of sp³-hybridized carbons (Fsp3) is 0.143. The van der Waals surface area contributed by atoms with Gasteiger partial charge in [0.15, 0.2) is 0 Å². The highest BCUT2D eigenvalue weighted by atomic mass is 19.3. The minimum Gasteiger partial charge on any atom is -0.506 e. The third-order valence-corrected chi connectivity index (χ3v) is 1.52. The minimum atomic E-state index is -3.20. The van der Waals surface area contributed by atoms with Crippen LogP contribution in [0.5, 0.6) is 5.75 Å². The highest BCUT2D eigenvalue weighted by Gasteiger charge is 2.25. The highest BCUT2D eigenvalue weighted by molar-refractivity contribution is 5.95. The van der Waals surface area contributed by atoms with E-state index in [-0.39, 0.29) is 0 Å². The van der Waals surface area contributed by atoms with Crippen LogP contribution in [0.2, 0.25) is 0 Å². The fourth-order valence-corrected chi connectivity index (χ4v) is 0.946. The molecule has 0 fully saturated rings. The summed E-state index contributed by atoms with van der Waals surface area (Å²) in [5, 5.41) is 8.92. The van der Waals surface area contributed by atoms with Gasteiger partial charge in [0.1, 0.15) is 11.3 Å². The monoisotopic (exact) mass is 206 g/mol. The van der Waals surface area contributed by atoms with E-state index in [1.54, 1.807) is 0 Å². The Bertz CT molecular complexity index is 381. The van der Waals surface area contributed by atoms with Gasteiger partial charge >= 0.3 is 0 Å². The molecule has 1 rings (SSSR count). The second kappa shape index (κ2) is 3.52. The van der Waals surface area contributed by atoms with E-state index in [2.05, 4.69) is 10.7 Å². The van der Waals surface area contributed by atoms with Gasteiger partial charge in [-0.2, -0.15) is 4.39 Å². The molecule has 1 heterocycles. The molecule has 0 aliphatic heterocycles. The van der Waals surface area contributed by atoms with Crippen LogP contribution in [0, 0.1) is 5.95 Å². The molecular formula is C7H5F3N2O2. The predicted molar refractivity (Wildman–Crippen MR) is 39.3 cm³/mol. The van der Waals surface area contributed by atoms with Crippen LogP contribution in [0.25, 0.3) is 0 Å². The number of carbonyl (C=O) groups excluding carboxylic acids is 1. The van der Waals surface area contributed by atoms with Crippen LogP contribution in [-0.2, 0) is 0 Å². The molecule has 0 radical (unpaired) electrons. The number of carbonyl (C=O) groups is 1. The van der Waals surface area contributed by atoms with Crippen molar-refractivity contribution >= 4 is 5.91 Å². The van der Waals surface area contributed by atoms with Crippen molar-refractivity contribution in [1.82, 2.24) is 4.98 Å². The van der Waals surface area contributed by atoms with Gasteiger partial charge in [0.2, 0.25) is 5.95 Å². The van der Waals surface area contributed by atoms with E-state index in [4.69, 9.17) is 5.11 Å². The van der Waals surface area contributed by atoms with E-state index in [1.807, 2.05) is 0 Å². The number of pyridine rings is 1. The van der Waals surface area contributed by atoms with Gasteiger partial charge < -0.3 is 10.8 Å². The van der Waals surface area contributed by atoms with Gasteiger partial charge in [-0.25, -0.2) is 13.8 Å². The van der Waals surface area contributed by atoms with Gasteiger partial charge in [0, 0.05) is 0 Å². The normalized spacial score (nSPS) is 10.6. The van der Waals surface area contributed by atoms with Crippen LogP contribution >= 0.6 is 0 Å². The number of hydrogen-bond donors (Lipinski definition) is 2. The summed E-state index contributed by atoms with van der Waals surface area (Å²) in [5.41, 5.74) is 2.44. The Morgan fingerprint density at radius 3 is 2.50 bits per heavy atom. The smallest absolute Gasteiger partial charge is 0.268 e. The van der Waals surface area contributed by atoms with Crippen molar-refractivity contribution in [3.8, 4) is 5.75 Å². The van der Waals surface area contributed by atoms with Gasteiger partial charge in [-0.05, 0) is 0 Å². The van der Waals surface area contributed by atoms with Crippen molar-refractivity contribution in [2.75, 3.05) is 0 Å². The number of alkyl halides is 2. The number of halogens is 3. The lowest BCUT2D eigenvalue weighted by atomic mass is 10.1. The summed E-state index contributed by atoms with van der Waals surface area (Å²) < 4.78 is 37.3.